The van der Waals surface area contributed by atoms with Crippen molar-refractivity contribution in [3.05, 3.63) is 48.6 Å². The average molecular weight is 167 g/mol. The topological polar surface area (TPSA) is 0 Å². The monoisotopic (exact) mass is 166 g/mol. The van der Waals surface area contributed by atoms with Crippen molar-refractivity contribution in [2.75, 3.05) is 0 Å². The van der Waals surface area contributed by atoms with Crippen LogP contribution in [-0.4, -0.2) is 0 Å². The molecule has 0 aromatic heterocycles. The molecule has 0 aliphatic carbocycles. The molecule has 0 N–H and O–H groups in total. The minimum absolute atomic E-state index is 0.429. The molecule has 0 nitrogen and oxygen atoms in total. The molecule has 0 heterocycles. The Morgan fingerprint density at radius 3 is 2.36 bits per heavy atom. The zero-order chi connectivity index (χ0) is 8.32. The maximum Gasteiger partial charge on any atom is 0.0844 e. The van der Waals surface area contributed by atoms with Gasteiger partial charge in [0.2, 0.25) is 0 Å². The second-order valence-corrected chi connectivity index (χ2v) is 3.43. The van der Waals surface area contributed by atoms with Gasteiger partial charge in [0.05, 0.1) is 4.87 Å². The van der Waals surface area contributed by atoms with Crippen molar-refractivity contribution in [2.24, 2.45) is 0 Å². The summed E-state index contributed by atoms with van der Waals surface area (Å²) in [5, 5.41) is 0. The summed E-state index contributed by atoms with van der Waals surface area (Å²) in [6, 6.07) is 9.90. The summed E-state index contributed by atoms with van der Waals surface area (Å²) in [5.74, 6) is 0. The largest absolute Gasteiger partial charge is 0.110 e. The van der Waals surface area contributed by atoms with Crippen molar-refractivity contribution in [3.8, 4) is 0 Å². The second kappa shape index (κ2) is 3.10. The summed E-state index contributed by atoms with van der Waals surface area (Å²) in [7, 11) is 0. The zero-order valence-electron chi connectivity index (χ0n) is 6.55. The lowest BCUT2D eigenvalue weighted by atomic mass is 10.0. The predicted octanol–water partition coefficient (Wildman–Crippen LogP) is 3.33. The third-order valence-electron chi connectivity index (χ3n) is 1.72. The highest BCUT2D eigenvalue weighted by Crippen LogP contribution is 2.28. The Kier molecular flexibility index (Phi) is 2.35. The molecule has 1 rings (SSSR count). The van der Waals surface area contributed by atoms with Crippen molar-refractivity contribution in [1.29, 1.82) is 0 Å². The first kappa shape index (κ1) is 8.35. The van der Waals surface area contributed by atoms with Gasteiger partial charge in [-0.05, 0) is 12.5 Å². The van der Waals surface area contributed by atoms with Gasteiger partial charge in [0, 0.05) is 0 Å². The van der Waals surface area contributed by atoms with E-state index in [1.54, 1.807) is 6.08 Å². The molecule has 11 heavy (non-hydrogen) atoms. The van der Waals surface area contributed by atoms with Gasteiger partial charge >= 0.3 is 0 Å². The van der Waals surface area contributed by atoms with E-state index >= 15 is 0 Å². The molecule has 1 aromatic rings. The number of allylic oxidation sites excluding steroid dienone is 1. The minimum atomic E-state index is -0.429. The van der Waals surface area contributed by atoms with Gasteiger partial charge < -0.3 is 0 Å². The zero-order valence-corrected chi connectivity index (χ0v) is 7.31. The highest BCUT2D eigenvalue weighted by atomic mass is 35.5. The molecule has 0 bridgehead atoms. The smallest absolute Gasteiger partial charge is 0.0844 e. The van der Waals surface area contributed by atoms with Crippen LogP contribution in [0, 0.1) is 0 Å². The third kappa shape index (κ3) is 1.84. The fraction of sp³-hybridized carbons (Fsp3) is 0.200. The van der Waals surface area contributed by atoms with E-state index in [2.05, 4.69) is 6.58 Å². The Hall–Kier alpha value is -0.750. The van der Waals surface area contributed by atoms with E-state index in [9.17, 15) is 0 Å². The molecule has 1 unspecified atom stereocenters. The Bertz CT molecular complexity index is 236. The number of hydrogen-bond acceptors (Lipinski definition) is 0. The molecule has 58 valence electrons. The van der Waals surface area contributed by atoms with Gasteiger partial charge in [0.15, 0.2) is 0 Å². The Labute approximate surface area is 72.5 Å². The molecule has 0 radical (unpaired) electrons. The second-order valence-electron chi connectivity index (χ2n) is 2.65. The fourth-order valence-corrected chi connectivity index (χ4v) is 1.01. The number of alkyl halides is 1. The van der Waals surface area contributed by atoms with E-state index in [-0.39, 0.29) is 0 Å². The first-order valence-electron chi connectivity index (χ1n) is 3.55. The lowest BCUT2D eigenvalue weighted by Gasteiger charge is -2.16. The van der Waals surface area contributed by atoms with E-state index in [1.807, 2.05) is 37.3 Å². The lowest BCUT2D eigenvalue weighted by molar-refractivity contribution is 0.865. The summed E-state index contributed by atoms with van der Waals surface area (Å²) in [5.41, 5.74) is 1.08. The van der Waals surface area contributed by atoms with Crippen LogP contribution in [0.1, 0.15) is 12.5 Å². The SMILES string of the molecule is C=CC(C)(Cl)c1ccccc1. The van der Waals surface area contributed by atoms with Gasteiger partial charge in [-0.25, -0.2) is 0 Å². The number of benzene rings is 1. The van der Waals surface area contributed by atoms with Crippen LogP contribution in [0.3, 0.4) is 0 Å². The number of rotatable bonds is 2. The van der Waals surface area contributed by atoms with Crippen LogP contribution in [0.15, 0.2) is 43.0 Å². The summed E-state index contributed by atoms with van der Waals surface area (Å²) in [6.45, 7) is 5.60. The van der Waals surface area contributed by atoms with E-state index in [4.69, 9.17) is 11.6 Å². The molecule has 0 saturated carbocycles. The lowest BCUT2D eigenvalue weighted by Crippen LogP contribution is -2.08. The first-order chi connectivity index (χ1) is 5.17. The summed E-state index contributed by atoms with van der Waals surface area (Å²) >= 11 is 6.13. The van der Waals surface area contributed by atoms with Gasteiger partial charge in [-0.2, -0.15) is 0 Å². The van der Waals surface area contributed by atoms with Crippen LogP contribution in [-0.2, 0) is 4.87 Å². The highest BCUT2D eigenvalue weighted by Gasteiger charge is 2.17. The van der Waals surface area contributed by atoms with Crippen molar-refractivity contribution in [2.45, 2.75) is 11.8 Å². The Morgan fingerprint density at radius 1 is 1.36 bits per heavy atom. The van der Waals surface area contributed by atoms with Gasteiger partial charge in [-0.3, -0.25) is 0 Å². The van der Waals surface area contributed by atoms with Crippen LogP contribution < -0.4 is 0 Å². The summed E-state index contributed by atoms with van der Waals surface area (Å²) < 4.78 is 0. The van der Waals surface area contributed by atoms with Crippen molar-refractivity contribution in [3.63, 3.8) is 0 Å². The van der Waals surface area contributed by atoms with Crippen LogP contribution >= 0.6 is 11.6 Å². The van der Waals surface area contributed by atoms with Crippen molar-refractivity contribution in [1.82, 2.24) is 0 Å². The standard InChI is InChI=1S/C10H11Cl/c1-3-10(2,11)9-7-5-4-6-8-9/h3-8H,1H2,2H3. The first-order valence-corrected chi connectivity index (χ1v) is 3.92. The molecule has 1 atom stereocenters. The van der Waals surface area contributed by atoms with Gasteiger partial charge in [-0.15, -0.1) is 18.2 Å². The van der Waals surface area contributed by atoms with E-state index in [1.165, 1.54) is 0 Å². The van der Waals surface area contributed by atoms with E-state index < -0.39 is 4.87 Å². The van der Waals surface area contributed by atoms with Crippen LogP contribution in [0.25, 0.3) is 0 Å². The quantitative estimate of drug-likeness (QED) is 0.467. The van der Waals surface area contributed by atoms with Crippen LogP contribution in [0.2, 0.25) is 0 Å². The summed E-state index contributed by atoms with van der Waals surface area (Å²) in [6.07, 6.45) is 1.74. The normalized spacial score (nSPS) is 15.5. The predicted molar refractivity (Wildman–Crippen MR) is 49.8 cm³/mol. The van der Waals surface area contributed by atoms with Crippen LogP contribution in [0.5, 0.6) is 0 Å². The molecule has 0 amide bonds. The summed E-state index contributed by atoms with van der Waals surface area (Å²) in [4.78, 5) is -0.429. The maximum atomic E-state index is 6.13. The minimum Gasteiger partial charge on any atom is -0.110 e. The molecule has 0 spiro atoms. The number of hydrogen-bond donors (Lipinski definition) is 0. The average Bonchev–Trinajstić information content (AvgIpc) is 2.06. The van der Waals surface area contributed by atoms with Gasteiger partial charge in [0.25, 0.3) is 0 Å². The molecule has 0 saturated heterocycles. The molecule has 0 aliphatic rings. The fourth-order valence-electron chi connectivity index (χ4n) is 0.882. The maximum absolute atomic E-state index is 6.13. The Morgan fingerprint density at radius 2 is 1.91 bits per heavy atom. The molecule has 1 heteroatoms. The molecular weight excluding hydrogens is 156 g/mol. The van der Waals surface area contributed by atoms with Gasteiger partial charge in [-0.1, -0.05) is 36.4 Å². The van der Waals surface area contributed by atoms with E-state index in [0.29, 0.717) is 0 Å². The molecular formula is C10H11Cl. The highest BCUT2D eigenvalue weighted by molar-refractivity contribution is 6.25. The van der Waals surface area contributed by atoms with E-state index in [0.717, 1.165) is 5.56 Å². The van der Waals surface area contributed by atoms with Crippen molar-refractivity contribution >= 4 is 11.6 Å². The number of halogens is 1. The van der Waals surface area contributed by atoms with Crippen LogP contribution in [0.4, 0.5) is 0 Å². The van der Waals surface area contributed by atoms with Crippen molar-refractivity contribution < 1.29 is 0 Å². The molecule has 1 aromatic carbocycles. The Balaban J connectivity index is 3.02. The molecule has 0 fully saturated rings. The molecule has 0 aliphatic heterocycles. The van der Waals surface area contributed by atoms with Gasteiger partial charge in [0.1, 0.15) is 0 Å². The third-order valence-corrected chi connectivity index (χ3v) is 2.09.